The first-order valence-corrected chi connectivity index (χ1v) is 8.14. The van der Waals surface area contributed by atoms with Crippen molar-refractivity contribution in [3.05, 3.63) is 52.2 Å². The van der Waals surface area contributed by atoms with Crippen LogP contribution >= 0.6 is 11.3 Å². The van der Waals surface area contributed by atoms with E-state index < -0.39 is 0 Å². The number of thiophene rings is 1. The van der Waals surface area contributed by atoms with Gasteiger partial charge in [-0.15, -0.1) is 11.3 Å². The molecule has 1 aliphatic carbocycles. The molecule has 0 saturated heterocycles. The molecule has 3 rings (SSSR count). The van der Waals surface area contributed by atoms with Crippen molar-refractivity contribution in [1.29, 1.82) is 0 Å². The Kier molecular flexibility index (Phi) is 4.38. The Morgan fingerprint density at radius 1 is 1.30 bits per heavy atom. The van der Waals surface area contributed by atoms with Gasteiger partial charge in [0.1, 0.15) is 5.75 Å². The summed E-state index contributed by atoms with van der Waals surface area (Å²) in [7, 11) is 1.72. The zero-order valence-electron chi connectivity index (χ0n) is 11.8. The van der Waals surface area contributed by atoms with Crippen molar-refractivity contribution < 1.29 is 4.74 Å². The molecule has 1 saturated carbocycles. The molecule has 2 nitrogen and oxygen atoms in total. The number of hydrogen-bond donors (Lipinski definition) is 1. The van der Waals surface area contributed by atoms with Crippen LogP contribution in [-0.4, -0.2) is 13.7 Å². The number of nitrogens with one attached hydrogen (secondary N) is 1. The van der Waals surface area contributed by atoms with Crippen LogP contribution in [0.2, 0.25) is 0 Å². The largest absolute Gasteiger partial charge is 0.497 e. The van der Waals surface area contributed by atoms with Crippen LogP contribution in [0, 0.1) is 5.92 Å². The van der Waals surface area contributed by atoms with Crippen molar-refractivity contribution in [2.45, 2.75) is 25.3 Å². The summed E-state index contributed by atoms with van der Waals surface area (Å²) in [5.74, 6) is 1.79. The number of hydrogen-bond acceptors (Lipinski definition) is 3. The standard InChI is InChI=1S/C17H21NOS/c1-19-15-5-2-4-13(12-15)9-10-18-17(14-7-8-14)16-6-3-11-20-16/h2-6,11-12,14,17-18H,7-10H2,1H3. The van der Waals surface area contributed by atoms with Gasteiger partial charge >= 0.3 is 0 Å². The Bertz CT molecular complexity index is 534. The van der Waals surface area contributed by atoms with E-state index in [1.807, 2.05) is 17.4 Å². The van der Waals surface area contributed by atoms with Gasteiger partial charge in [-0.25, -0.2) is 0 Å². The Hall–Kier alpha value is -1.32. The topological polar surface area (TPSA) is 21.3 Å². The van der Waals surface area contributed by atoms with Crippen LogP contribution < -0.4 is 10.1 Å². The number of methoxy groups -OCH3 is 1. The molecule has 1 unspecified atom stereocenters. The predicted octanol–water partition coefficient (Wildman–Crippen LogP) is 4.04. The summed E-state index contributed by atoms with van der Waals surface area (Å²) in [6, 6.07) is 13.3. The number of rotatable bonds is 7. The van der Waals surface area contributed by atoms with Crippen LogP contribution in [0.25, 0.3) is 0 Å². The Morgan fingerprint density at radius 2 is 2.20 bits per heavy atom. The van der Waals surface area contributed by atoms with Gasteiger partial charge in [-0.05, 0) is 60.9 Å². The van der Waals surface area contributed by atoms with E-state index in [1.54, 1.807) is 7.11 Å². The van der Waals surface area contributed by atoms with Gasteiger partial charge in [-0.2, -0.15) is 0 Å². The normalized spacial score (nSPS) is 16.1. The second-order valence-corrected chi connectivity index (χ2v) is 6.37. The van der Waals surface area contributed by atoms with Crippen LogP contribution in [0.4, 0.5) is 0 Å². The lowest BCUT2D eigenvalue weighted by Crippen LogP contribution is -2.24. The maximum atomic E-state index is 5.27. The molecule has 0 radical (unpaired) electrons. The fourth-order valence-corrected chi connectivity index (χ4v) is 3.49. The molecule has 2 aromatic rings. The van der Waals surface area contributed by atoms with Gasteiger partial charge in [0.05, 0.1) is 7.11 Å². The molecule has 106 valence electrons. The zero-order chi connectivity index (χ0) is 13.8. The average Bonchev–Trinajstić information content (AvgIpc) is 3.18. The minimum absolute atomic E-state index is 0.556. The lowest BCUT2D eigenvalue weighted by atomic mass is 10.1. The van der Waals surface area contributed by atoms with E-state index in [1.165, 1.54) is 23.3 Å². The fraction of sp³-hybridized carbons (Fsp3) is 0.412. The molecule has 0 spiro atoms. The first kappa shape index (κ1) is 13.7. The molecule has 1 atom stereocenters. The Labute approximate surface area is 124 Å². The molecular weight excluding hydrogens is 266 g/mol. The highest BCUT2D eigenvalue weighted by atomic mass is 32.1. The zero-order valence-corrected chi connectivity index (χ0v) is 12.7. The SMILES string of the molecule is COc1cccc(CCNC(c2cccs2)C2CC2)c1. The van der Waals surface area contributed by atoms with E-state index in [-0.39, 0.29) is 0 Å². The van der Waals surface area contributed by atoms with Gasteiger partial charge in [0, 0.05) is 10.9 Å². The van der Waals surface area contributed by atoms with Crippen LogP contribution in [0.1, 0.15) is 29.3 Å². The molecule has 1 aromatic carbocycles. The molecule has 0 bridgehead atoms. The summed E-state index contributed by atoms with van der Waals surface area (Å²) >= 11 is 1.87. The third kappa shape index (κ3) is 3.41. The van der Waals surface area contributed by atoms with Crippen molar-refractivity contribution in [3.8, 4) is 5.75 Å². The van der Waals surface area contributed by atoms with E-state index in [2.05, 4.69) is 41.0 Å². The minimum atomic E-state index is 0.556. The summed E-state index contributed by atoms with van der Waals surface area (Å²) in [5, 5.41) is 5.91. The van der Waals surface area contributed by atoms with Gasteiger partial charge in [-0.3, -0.25) is 0 Å². The molecule has 1 fully saturated rings. The summed E-state index contributed by atoms with van der Waals surface area (Å²) in [4.78, 5) is 1.48. The summed E-state index contributed by atoms with van der Waals surface area (Å²) in [6.07, 6.45) is 3.79. The maximum absolute atomic E-state index is 5.27. The van der Waals surface area contributed by atoms with Crippen molar-refractivity contribution >= 4 is 11.3 Å². The highest BCUT2D eigenvalue weighted by molar-refractivity contribution is 7.10. The second-order valence-electron chi connectivity index (χ2n) is 5.39. The van der Waals surface area contributed by atoms with Crippen molar-refractivity contribution in [2.75, 3.05) is 13.7 Å². The third-order valence-corrected chi connectivity index (χ3v) is 4.81. The average molecular weight is 287 g/mol. The second kappa shape index (κ2) is 6.42. The molecule has 3 heteroatoms. The minimum Gasteiger partial charge on any atom is -0.497 e. The Balaban J connectivity index is 1.55. The van der Waals surface area contributed by atoms with E-state index >= 15 is 0 Å². The van der Waals surface area contributed by atoms with Gasteiger partial charge in [0.25, 0.3) is 0 Å². The highest BCUT2D eigenvalue weighted by Crippen LogP contribution is 2.42. The fourth-order valence-electron chi connectivity index (χ4n) is 2.60. The van der Waals surface area contributed by atoms with E-state index in [9.17, 15) is 0 Å². The van der Waals surface area contributed by atoms with Crippen LogP contribution in [0.15, 0.2) is 41.8 Å². The van der Waals surface area contributed by atoms with E-state index in [0.717, 1.165) is 24.6 Å². The highest BCUT2D eigenvalue weighted by Gasteiger charge is 2.32. The first-order valence-electron chi connectivity index (χ1n) is 7.26. The first-order chi connectivity index (χ1) is 9.86. The quantitative estimate of drug-likeness (QED) is 0.830. The van der Waals surface area contributed by atoms with Crippen molar-refractivity contribution in [3.63, 3.8) is 0 Å². The lowest BCUT2D eigenvalue weighted by molar-refractivity contribution is 0.414. The van der Waals surface area contributed by atoms with Crippen molar-refractivity contribution in [1.82, 2.24) is 5.32 Å². The van der Waals surface area contributed by atoms with Crippen molar-refractivity contribution in [2.24, 2.45) is 5.92 Å². The number of ether oxygens (including phenoxy) is 1. The summed E-state index contributed by atoms with van der Waals surface area (Å²) < 4.78 is 5.27. The molecular formula is C17H21NOS. The molecule has 1 heterocycles. The van der Waals surface area contributed by atoms with Gasteiger partial charge in [-0.1, -0.05) is 18.2 Å². The monoisotopic (exact) mass is 287 g/mol. The molecule has 20 heavy (non-hydrogen) atoms. The number of benzene rings is 1. The van der Waals surface area contributed by atoms with Gasteiger partial charge < -0.3 is 10.1 Å². The summed E-state index contributed by atoms with van der Waals surface area (Å²) in [6.45, 7) is 1.02. The smallest absolute Gasteiger partial charge is 0.119 e. The van der Waals surface area contributed by atoms with Gasteiger partial charge in [0.2, 0.25) is 0 Å². The van der Waals surface area contributed by atoms with E-state index in [4.69, 9.17) is 4.74 Å². The molecule has 1 N–H and O–H groups in total. The van der Waals surface area contributed by atoms with Gasteiger partial charge in [0.15, 0.2) is 0 Å². The summed E-state index contributed by atoms with van der Waals surface area (Å²) in [5.41, 5.74) is 1.33. The molecule has 1 aliphatic rings. The van der Waals surface area contributed by atoms with Crippen LogP contribution in [-0.2, 0) is 6.42 Å². The Morgan fingerprint density at radius 3 is 2.90 bits per heavy atom. The predicted molar refractivity (Wildman–Crippen MR) is 84.5 cm³/mol. The molecule has 0 aliphatic heterocycles. The third-order valence-electron chi connectivity index (χ3n) is 3.86. The van der Waals surface area contributed by atoms with E-state index in [0.29, 0.717) is 6.04 Å². The molecule has 1 aromatic heterocycles. The van der Waals surface area contributed by atoms with Crippen LogP contribution in [0.5, 0.6) is 5.75 Å². The molecule has 0 amide bonds. The van der Waals surface area contributed by atoms with Crippen LogP contribution in [0.3, 0.4) is 0 Å². The maximum Gasteiger partial charge on any atom is 0.119 e. The lowest BCUT2D eigenvalue weighted by Gasteiger charge is -2.17.